The first-order valence-corrected chi connectivity index (χ1v) is 10.1. The van der Waals surface area contributed by atoms with Crippen LogP contribution in [0.2, 0.25) is 0 Å². The van der Waals surface area contributed by atoms with Crippen molar-refractivity contribution in [3.05, 3.63) is 124 Å². The minimum atomic E-state index is 0.977. The lowest BCUT2D eigenvalue weighted by Gasteiger charge is -2.06. The molecule has 0 amide bonds. The minimum Gasteiger partial charge on any atom is -0.0909 e. The van der Waals surface area contributed by atoms with Crippen LogP contribution in [0, 0.1) is 0 Å². The third-order valence-corrected chi connectivity index (χ3v) is 6.07. The molecule has 5 rings (SSSR count). The molecule has 1 fully saturated rings. The highest BCUT2D eigenvalue weighted by Crippen LogP contribution is 2.42. The number of fused-ring (bicyclic) bond motifs is 2. The van der Waals surface area contributed by atoms with Gasteiger partial charge in [-0.2, -0.15) is 0 Å². The second-order valence-electron chi connectivity index (χ2n) is 7.90. The highest BCUT2D eigenvalue weighted by molar-refractivity contribution is 5.89. The second kappa shape index (κ2) is 6.80. The number of hydrogen-bond acceptors (Lipinski definition) is 0. The quantitative estimate of drug-likeness (QED) is 0.526. The SMILES string of the molecule is C=C1C2=CCCC=C2C/C1=C\c1ccc(/C=C2\Cc3ccccc3C2=C)cc1. The van der Waals surface area contributed by atoms with Gasteiger partial charge in [-0.25, -0.2) is 0 Å². The molecular weight excluding hydrogens is 336 g/mol. The summed E-state index contributed by atoms with van der Waals surface area (Å²) in [6.45, 7) is 8.64. The molecule has 0 aliphatic heterocycles. The molecule has 0 N–H and O–H groups in total. The van der Waals surface area contributed by atoms with Crippen LogP contribution in [0.3, 0.4) is 0 Å². The van der Waals surface area contributed by atoms with Gasteiger partial charge in [0.15, 0.2) is 0 Å². The summed E-state index contributed by atoms with van der Waals surface area (Å²) in [5.74, 6) is 0. The van der Waals surface area contributed by atoms with E-state index in [0.29, 0.717) is 0 Å². The van der Waals surface area contributed by atoms with Crippen molar-refractivity contribution in [2.45, 2.75) is 25.7 Å². The molecule has 0 nitrogen and oxygen atoms in total. The average molecular weight is 361 g/mol. The summed E-state index contributed by atoms with van der Waals surface area (Å²) >= 11 is 0. The van der Waals surface area contributed by atoms with Crippen molar-refractivity contribution in [3.63, 3.8) is 0 Å². The standard InChI is InChI=1S/C28H24/c1-19-25(17-23-7-3-5-9-27(19)23)15-21-11-13-22(14-12-21)16-26-18-24-8-4-6-10-28(24)20(26)2/h3,5,7-16H,1-2,4,6,17-18H2/b25-15+,26-16+. The summed E-state index contributed by atoms with van der Waals surface area (Å²) < 4.78 is 0. The second-order valence-corrected chi connectivity index (χ2v) is 7.90. The molecule has 0 atom stereocenters. The van der Waals surface area contributed by atoms with Gasteiger partial charge in [0, 0.05) is 0 Å². The first-order valence-electron chi connectivity index (χ1n) is 10.1. The molecule has 2 aromatic carbocycles. The molecule has 0 aromatic heterocycles. The zero-order valence-corrected chi connectivity index (χ0v) is 16.2. The molecule has 3 aliphatic carbocycles. The van der Waals surface area contributed by atoms with Crippen LogP contribution in [-0.2, 0) is 6.42 Å². The summed E-state index contributed by atoms with van der Waals surface area (Å²) in [6, 6.07) is 17.4. The summed E-state index contributed by atoms with van der Waals surface area (Å²) in [6.07, 6.45) is 13.6. The molecule has 0 saturated heterocycles. The molecule has 3 aliphatic rings. The van der Waals surface area contributed by atoms with E-state index >= 15 is 0 Å². The largest absolute Gasteiger partial charge is 0.0909 e. The number of hydrogen-bond donors (Lipinski definition) is 0. The van der Waals surface area contributed by atoms with Gasteiger partial charge in [0.2, 0.25) is 0 Å². The first kappa shape index (κ1) is 17.0. The Bertz CT molecular complexity index is 1110. The Morgan fingerprint density at radius 1 is 0.679 bits per heavy atom. The first-order chi connectivity index (χ1) is 13.7. The van der Waals surface area contributed by atoms with Crippen LogP contribution in [-0.4, -0.2) is 0 Å². The van der Waals surface area contributed by atoms with E-state index in [1.165, 1.54) is 50.1 Å². The molecule has 136 valence electrons. The van der Waals surface area contributed by atoms with Gasteiger partial charge < -0.3 is 0 Å². The topological polar surface area (TPSA) is 0 Å². The Hall–Kier alpha value is -3.12. The van der Waals surface area contributed by atoms with E-state index in [2.05, 4.69) is 86.0 Å². The van der Waals surface area contributed by atoms with Crippen molar-refractivity contribution >= 4 is 17.7 Å². The molecule has 0 unspecified atom stereocenters. The third-order valence-electron chi connectivity index (χ3n) is 6.07. The summed E-state index contributed by atoms with van der Waals surface area (Å²) in [5.41, 5.74) is 13.0. The van der Waals surface area contributed by atoms with Gasteiger partial charge in [0.25, 0.3) is 0 Å². The summed E-state index contributed by atoms with van der Waals surface area (Å²) in [4.78, 5) is 0. The van der Waals surface area contributed by atoms with E-state index in [-0.39, 0.29) is 0 Å². The van der Waals surface area contributed by atoms with Gasteiger partial charge in [0.05, 0.1) is 0 Å². The minimum absolute atomic E-state index is 0.977. The lowest BCUT2D eigenvalue weighted by Crippen LogP contribution is -1.87. The fourth-order valence-electron chi connectivity index (χ4n) is 4.52. The predicted octanol–water partition coefficient (Wildman–Crippen LogP) is 7.33. The van der Waals surface area contributed by atoms with Crippen molar-refractivity contribution in [2.75, 3.05) is 0 Å². The monoisotopic (exact) mass is 360 g/mol. The van der Waals surface area contributed by atoms with Crippen LogP contribution >= 0.6 is 0 Å². The van der Waals surface area contributed by atoms with E-state index in [4.69, 9.17) is 0 Å². The molecule has 0 heteroatoms. The zero-order chi connectivity index (χ0) is 19.1. The van der Waals surface area contributed by atoms with Crippen molar-refractivity contribution in [3.8, 4) is 0 Å². The molecule has 0 radical (unpaired) electrons. The maximum Gasteiger partial charge on any atom is -0.00135 e. The summed E-state index contributed by atoms with van der Waals surface area (Å²) in [7, 11) is 0. The van der Waals surface area contributed by atoms with Crippen LogP contribution in [0.4, 0.5) is 0 Å². The fourth-order valence-corrected chi connectivity index (χ4v) is 4.52. The van der Waals surface area contributed by atoms with Crippen molar-refractivity contribution in [1.29, 1.82) is 0 Å². The Labute approximate surface area is 167 Å². The van der Waals surface area contributed by atoms with Crippen LogP contribution in [0.5, 0.6) is 0 Å². The molecule has 0 bridgehead atoms. The van der Waals surface area contributed by atoms with E-state index in [0.717, 1.165) is 31.3 Å². The van der Waals surface area contributed by atoms with Crippen LogP contribution in [0.15, 0.2) is 102 Å². The molecule has 2 aromatic rings. The predicted molar refractivity (Wildman–Crippen MR) is 121 cm³/mol. The van der Waals surface area contributed by atoms with Crippen LogP contribution in [0.25, 0.3) is 17.7 Å². The Balaban J connectivity index is 1.37. The van der Waals surface area contributed by atoms with Gasteiger partial charge >= 0.3 is 0 Å². The maximum atomic E-state index is 4.33. The number of rotatable bonds is 2. The van der Waals surface area contributed by atoms with Crippen molar-refractivity contribution in [1.82, 2.24) is 0 Å². The number of allylic oxidation sites excluding steroid dienone is 8. The van der Waals surface area contributed by atoms with Crippen molar-refractivity contribution < 1.29 is 0 Å². The highest BCUT2D eigenvalue weighted by Gasteiger charge is 2.23. The maximum absolute atomic E-state index is 4.33. The van der Waals surface area contributed by atoms with Gasteiger partial charge in [-0.1, -0.05) is 86.0 Å². The summed E-state index contributed by atoms with van der Waals surface area (Å²) in [5, 5.41) is 0. The number of benzene rings is 2. The van der Waals surface area contributed by atoms with Gasteiger partial charge in [-0.15, -0.1) is 0 Å². The van der Waals surface area contributed by atoms with Gasteiger partial charge in [0.1, 0.15) is 0 Å². The van der Waals surface area contributed by atoms with Crippen LogP contribution < -0.4 is 0 Å². The lowest BCUT2D eigenvalue weighted by atomic mass is 9.99. The molecule has 28 heavy (non-hydrogen) atoms. The van der Waals surface area contributed by atoms with Crippen molar-refractivity contribution in [2.24, 2.45) is 0 Å². The molecular formula is C28H24. The average Bonchev–Trinajstić information content (AvgIpc) is 3.21. The highest BCUT2D eigenvalue weighted by atomic mass is 14.3. The van der Waals surface area contributed by atoms with E-state index < -0.39 is 0 Å². The van der Waals surface area contributed by atoms with Gasteiger partial charge in [-0.3, -0.25) is 0 Å². The van der Waals surface area contributed by atoms with E-state index in [9.17, 15) is 0 Å². The smallest absolute Gasteiger partial charge is 0.00135 e. The lowest BCUT2D eigenvalue weighted by molar-refractivity contribution is 0.998. The molecule has 1 saturated carbocycles. The van der Waals surface area contributed by atoms with E-state index in [1.807, 2.05) is 0 Å². The Morgan fingerprint density at radius 3 is 2.00 bits per heavy atom. The zero-order valence-electron chi connectivity index (χ0n) is 16.2. The molecule has 0 spiro atoms. The normalized spacial score (nSPS) is 21.0. The van der Waals surface area contributed by atoms with E-state index in [1.54, 1.807) is 0 Å². The third kappa shape index (κ3) is 2.96. The fraction of sp³-hybridized carbons (Fsp3) is 0.143. The molecule has 0 heterocycles. The Morgan fingerprint density at radius 2 is 1.32 bits per heavy atom. The van der Waals surface area contributed by atoms with Crippen LogP contribution in [0.1, 0.15) is 41.5 Å². The van der Waals surface area contributed by atoms with Gasteiger partial charge in [-0.05, 0) is 81.4 Å². The Kier molecular flexibility index (Phi) is 4.13.